The number of nitrogens with one attached hydrogen (secondary N) is 3. The predicted octanol–water partition coefficient (Wildman–Crippen LogP) is 3.35. The number of fused-ring (bicyclic) bond motifs is 2. The lowest BCUT2D eigenvalue weighted by Gasteiger charge is -2.29. The monoisotopic (exact) mass is 429 g/mol. The zero-order valence-electron chi connectivity index (χ0n) is 16.8. The van der Waals surface area contributed by atoms with E-state index in [2.05, 4.69) is 16.0 Å². The summed E-state index contributed by atoms with van der Waals surface area (Å²) in [7, 11) is 1.57. The number of halogens is 1. The van der Waals surface area contributed by atoms with Crippen LogP contribution in [0, 0.1) is 11.7 Å². The van der Waals surface area contributed by atoms with Gasteiger partial charge < -0.3 is 15.4 Å². The summed E-state index contributed by atoms with van der Waals surface area (Å²) in [5, 5.41) is 9.14. The van der Waals surface area contributed by atoms with Crippen LogP contribution in [0.4, 0.5) is 15.8 Å². The van der Waals surface area contributed by atoms with Crippen molar-refractivity contribution in [1.29, 1.82) is 0 Å². The van der Waals surface area contributed by atoms with Crippen LogP contribution in [0.25, 0.3) is 0 Å². The van der Waals surface area contributed by atoms with Crippen molar-refractivity contribution >= 4 is 35.0 Å². The summed E-state index contributed by atoms with van der Waals surface area (Å²) in [6, 6.07) is 11.2. The largest absolute Gasteiger partial charge is 0.497 e. The van der Waals surface area contributed by atoms with Crippen LogP contribution in [0.15, 0.2) is 42.5 Å². The average molecular weight is 430 g/mol. The Labute approximate surface area is 179 Å². The molecule has 0 aliphatic carbocycles. The van der Waals surface area contributed by atoms with Gasteiger partial charge in [-0.25, -0.2) is 4.39 Å². The van der Waals surface area contributed by atoms with Crippen molar-refractivity contribution in [2.24, 2.45) is 5.92 Å². The van der Waals surface area contributed by atoms with E-state index < -0.39 is 17.3 Å². The Morgan fingerprint density at radius 2 is 2.07 bits per heavy atom. The molecule has 2 aliphatic heterocycles. The molecular formula is C22H24FN3O3S. The molecule has 0 aromatic heterocycles. The van der Waals surface area contributed by atoms with Gasteiger partial charge in [-0.15, -0.1) is 0 Å². The number of carbonyl (C=O) groups is 2. The topological polar surface area (TPSA) is 79.5 Å². The van der Waals surface area contributed by atoms with E-state index in [1.807, 2.05) is 6.26 Å². The molecule has 0 unspecified atom stereocenters. The molecule has 30 heavy (non-hydrogen) atoms. The lowest BCUT2D eigenvalue weighted by molar-refractivity contribution is -0.130. The minimum Gasteiger partial charge on any atom is -0.497 e. The zero-order valence-corrected chi connectivity index (χ0v) is 17.6. The Morgan fingerprint density at radius 1 is 1.30 bits per heavy atom. The van der Waals surface area contributed by atoms with E-state index in [0.717, 1.165) is 12.2 Å². The van der Waals surface area contributed by atoms with Crippen LogP contribution >= 0.6 is 11.8 Å². The van der Waals surface area contributed by atoms with Gasteiger partial charge in [0.25, 0.3) is 0 Å². The fourth-order valence-corrected chi connectivity index (χ4v) is 4.90. The van der Waals surface area contributed by atoms with Gasteiger partial charge >= 0.3 is 0 Å². The maximum atomic E-state index is 14.1. The van der Waals surface area contributed by atoms with Gasteiger partial charge in [0, 0.05) is 23.0 Å². The summed E-state index contributed by atoms with van der Waals surface area (Å²) in [6.07, 6.45) is 3.32. The van der Waals surface area contributed by atoms with Crippen LogP contribution in [-0.4, -0.2) is 37.0 Å². The van der Waals surface area contributed by atoms with Crippen molar-refractivity contribution in [2.45, 2.75) is 24.4 Å². The predicted molar refractivity (Wildman–Crippen MR) is 116 cm³/mol. The molecule has 2 aliphatic rings. The highest BCUT2D eigenvalue weighted by atomic mass is 32.2. The summed E-state index contributed by atoms with van der Waals surface area (Å²) in [5.41, 5.74) is 0.369. The second-order valence-electron chi connectivity index (χ2n) is 7.58. The molecular weight excluding hydrogens is 405 g/mol. The molecule has 2 aromatic rings. The van der Waals surface area contributed by atoms with Crippen molar-refractivity contribution in [3.05, 3.63) is 53.8 Å². The van der Waals surface area contributed by atoms with E-state index in [1.165, 1.54) is 12.1 Å². The molecule has 2 amide bonds. The van der Waals surface area contributed by atoms with Crippen LogP contribution < -0.4 is 20.7 Å². The number of methoxy groups -OCH3 is 1. The number of rotatable bonds is 6. The number of anilines is 2. The normalized spacial score (nSPS) is 24.6. The maximum Gasteiger partial charge on any atom is 0.250 e. The number of ether oxygens (including phenoxy) is 1. The first-order valence-electron chi connectivity index (χ1n) is 9.81. The highest BCUT2D eigenvalue weighted by Crippen LogP contribution is 2.48. The summed E-state index contributed by atoms with van der Waals surface area (Å²) < 4.78 is 19.2. The average Bonchev–Trinajstić information content (AvgIpc) is 3.26. The van der Waals surface area contributed by atoms with Gasteiger partial charge in [-0.2, -0.15) is 11.8 Å². The third kappa shape index (κ3) is 3.54. The molecule has 2 heterocycles. The quantitative estimate of drug-likeness (QED) is 0.656. The zero-order chi connectivity index (χ0) is 21.3. The SMILES string of the molecule is COc1ccc(NC(=O)[C@H]2C[C@H](CCSC)N[C@]23C(=O)Nc2ccc(F)cc23)cc1. The second-order valence-corrected chi connectivity index (χ2v) is 8.57. The van der Waals surface area contributed by atoms with Crippen LogP contribution in [0.1, 0.15) is 18.4 Å². The molecule has 6 nitrogen and oxygen atoms in total. The standard InChI is InChI=1S/C22H24FN3O3S/c1-29-16-6-4-14(5-7-16)24-20(27)18-12-15(9-10-30-2)26-22(18)17-11-13(23)3-8-19(17)25-21(22)28/h3-8,11,15,18,26H,9-10,12H2,1-2H3,(H,24,27)(H,25,28)/t15-,18+,22-/m0/s1. The molecule has 0 bridgehead atoms. The Kier molecular flexibility index (Phi) is 5.71. The highest BCUT2D eigenvalue weighted by Gasteiger charge is 2.60. The fourth-order valence-electron chi connectivity index (χ4n) is 4.38. The summed E-state index contributed by atoms with van der Waals surface area (Å²) >= 11 is 1.71. The smallest absolute Gasteiger partial charge is 0.250 e. The lowest BCUT2D eigenvalue weighted by atomic mass is 9.79. The van der Waals surface area contributed by atoms with Crippen molar-refractivity contribution in [3.8, 4) is 5.75 Å². The minimum atomic E-state index is -1.28. The first kappa shape index (κ1) is 20.7. The van der Waals surface area contributed by atoms with Crippen molar-refractivity contribution in [2.75, 3.05) is 29.8 Å². The van der Waals surface area contributed by atoms with Crippen molar-refractivity contribution < 1.29 is 18.7 Å². The molecule has 8 heteroatoms. The highest BCUT2D eigenvalue weighted by molar-refractivity contribution is 7.98. The van der Waals surface area contributed by atoms with Crippen molar-refractivity contribution in [1.82, 2.24) is 5.32 Å². The molecule has 3 atom stereocenters. The van der Waals surface area contributed by atoms with Gasteiger partial charge in [0.1, 0.15) is 17.1 Å². The van der Waals surface area contributed by atoms with Crippen LogP contribution in [-0.2, 0) is 15.1 Å². The molecule has 158 valence electrons. The maximum absolute atomic E-state index is 14.1. The van der Waals surface area contributed by atoms with E-state index in [1.54, 1.807) is 49.2 Å². The van der Waals surface area contributed by atoms with Gasteiger partial charge in [0.15, 0.2) is 0 Å². The fraction of sp³-hybridized carbons (Fsp3) is 0.364. The number of thioether (sulfide) groups is 1. The molecule has 0 saturated carbocycles. The summed E-state index contributed by atoms with van der Waals surface area (Å²) in [6.45, 7) is 0. The molecule has 1 spiro atoms. The number of hydrogen-bond donors (Lipinski definition) is 3. The van der Waals surface area contributed by atoms with E-state index in [9.17, 15) is 14.0 Å². The van der Waals surface area contributed by atoms with Gasteiger partial charge in [0.2, 0.25) is 11.8 Å². The molecule has 2 aromatic carbocycles. The Bertz CT molecular complexity index is 969. The first-order valence-corrected chi connectivity index (χ1v) is 11.2. The number of carbonyl (C=O) groups excluding carboxylic acids is 2. The van der Waals surface area contributed by atoms with Crippen LogP contribution in [0.5, 0.6) is 5.75 Å². The molecule has 1 fully saturated rings. The summed E-state index contributed by atoms with van der Waals surface area (Å²) in [5.74, 6) is -0.110. The van der Waals surface area contributed by atoms with E-state index in [0.29, 0.717) is 29.1 Å². The minimum absolute atomic E-state index is 0.0240. The van der Waals surface area contributed by atoms with E-state index in [4.69, 9.17) is 4.74 Å². The molecule has 1 saturated heterocycles. The number of amides is 2. The van der Waals surface area contributed by atoms with Gasteiger partial charge in [-0.05, 0) is 67.3 Å². The third-order valence-corrected chi connectivity index (χ3v) is 6.48. The molecule has 4 rings (SSSR count). The lowest BCUT2D eigenvalue weighted by Crippen LogP contribution is -2.52. The summed E-state index contributed by atoms with van der Waals surface area (Å²) in [4.78, 5) is 26.5. The van der Waals surface area contributed by atoms with Crippen LogP contribution in [0.3, 0.4) is 0 Å². The van der Waals surface area contributed by atoms with Crippen molar-refractivity contribution in [3.63, 3.8) is 0 Å². The second kappa shape index (κ2) is 8.28. The van der Waals surface area contributed by atoms with Gasteiger partial charge in [-0.3, -0.25) is 14.9 Å². The van der Waals surface area contributed by atoms with Crippen LogP contribution in [0.2, 0.25) is 0 Å². The Morgan fingerprint density at radius 3 is 2.77 bits per heavy atom. The molecule has 3 N–H and O–H groups in total. The van der Waals surface area contributed by atoms with E-state index >= 15 is 0 Å². The van der Waals surface area contributed by atoms with Gasteiger partial charge in [-0.1, -0.05) is 0 Å². The van der Waals surface area contributed by atoms with E-state index in [-0.39, 0.29) is 17.9 Å². The number of benzene rings is 2. The van der Waals surface area contributed by atoms with Gasteiger partial charge in [0.05, 0.1) is 13.0 Å². The Balaban J connectivity index is 1.68. The first-order chi connectivity index (χ1) is 14.5. The molecule has 0 radical (unpaired) electrons. The number of hydrogen-bond acceptors (Lipinski definition) is 5. The Hall–Kier alpha value is -2.58. The third-order valence-electron chi connectivity index (χ3n) is 5.83.